The molecule has 11 heavy (non-hydrogen) atoms. The average molecular weight is 195 g/mol. The first-order valence-corrected chi connectivity index (χ1v) is 5.88. The van der Waals surface area contributed by atoms with Gasteiger partial charge in [0.05, 0.1) is 4.71 Å². The fourth-order valence-electron chi connectivity index (χ4n) is 1.02. The maximum atomic E-state index is 6.07. The summed E-state index contributed by atoms with van der Waals surface area (Å²) in [5, 5.41) is 0.731. The lowest BCUT2D eigenvalue weighted by atomic mass is 10.3. The van der Waals surface area contributed by atoms with E-state index in [0.717, 1.165) is 11.7 Å². The van der Waals surface area contributed by atoms with Gasteiger partial charge in [-0.2, -0.15) is 0 Å². The number of thioether (sulfide) groups is 1. The molecule has 0 radical (unpaired) electrons. The summed E-state index contributed by atoms with van der Waals surface area (Å²) in [7, 11) is 0. The van der Waals surface area contributed by atoms with Crippen LogP contribution in [0.25, 0.3) is 0 Å². The molecule has 0 aromatic rings. The summed E-state index contributed by atoms with van der Waals surface area (Å²) in [5.41, 5.74) is 0. The molecule has 0 saturated carbocycles. The third kappa shape index (κ3) is 7.02. The van der Waals surface area contributed by atoms with Crippen LogP contribution >= 0.6 is 23.4 Å². The van der Waals surface area contributed by atoms with Crippen LogP contribution in [-0.2, 0) is 0 Å². The molecule has 0 aromatic carbocycles. The van der Waals surface area contributed by atoms with Crippen molar-refractivity contribution in [1.29, 1.82) is 0 Å². The minimum Gasteiger partial charge on any atom is -0.139 e. The lowest BCUT2D eigenvalue weighted by molar-refractivity contribution is 0.780. The van der Waals surface area contributed by atoms with Gasteiger partial charge in [-0.1, -0.05) is 33.6 Å². The molecule has 0 heterocycles. The predicted molar refractivity (Wildman–Crippen MR) is 56.5 cm³/mol. The minimum absolute atomic E-state index is 0.335. The highest BCUT2D eigenvalue weighted by Crippen LogP contribution is 2.27. The Morgan fingerprint density at radius 3 is 2.18 bits per heavy atom. The van der Waals surface area contributed by atoms with Gasteiger partial charge in [-0.3, -0.25) is 0 Å². The van der Waals surface area contributed by atoms with Crippen LogP contribution in [0.4, 0.5) is 0 Å². The molecule has 0 aliphatic rings. The number of halogens is 1. The van der Waals surface area contributed by atoms with Crippen LogP contribution in [-0.4, -0.2) is 9.96 Å². The molecule has 0 spiro atoms. The SMILES string of the molecule is CCCC(C)SC(Cl)CCC. The molecular weight excluding hydrogens is 176 g/mol. The van der Waals surface area contributed by atoms with Crippen molar-refractivity contribution in [2.24, 2.45) is 0 Å². The molecule has 0 N–H and O–H groups in total. The van der Waals surface area contributed by atoms with Crippen LogP contribution in [0.2, 0.25) is 0 Å². The molecule has 0 nitrogen and oxygen atoms in total. The van der Waals surface area contributed by atoms with Gasteiger partial charge in [-0.05, 0) is 12.8 Å². The average Bonchev–Trinajstić information content (AvgIpc) is 1.87. The summed E-state index contributed by atoms with van der Waals surface area (Å²) in [4.78, 5) is 0. The highest BCUT2D eigenvalue weighted by Gasteiger charge is 2.08. The van der Waals surface area contributed by atoms with Gasteiger partial charge in [-0.15, -0.1) is 23.4 Å². The van der Waals surface area contributed by atoms with Crippen molar-refractivity contribution in [3.63, 3.8) is 0 Å². The van der Waals surface area contributed by atoms with E-state index in [1.165, 1.54) is 19.3 Å². The van der Waals surface area contributed by atoms with E-state index in [2.05, 4.69) is 20.8 Å². The number of alkyl halides is 1. The Morgan fingerprint density at radius 2 is 1.73 bits per heavy atom. The maximum Gasteiger partial charge on any atom is 0.0791 e. The maximum absolute atomic E-state index is 6.07. The normalized spacial score (nSPS) is 16.4. The molecule has 0 aliphatic heterocycles. The lowest BCUT2D eigenvalue weighted by Gasteiger charge is -2.13. The monoisotopic (exact) mass is 194 g/mol. The molecule has 0 fully saturated rings. The fraction of sp³-hybridized carbons (Fsp3) is 1.00. The van der Waals surface area contributed by atoms with Gasteiger partial charge in [0.2, 0.25) is 0 Å². The highest BCUT2D eigenvalue weighted by atomic mass is 35.5. The van der Waals surface area contributed by atoms with Crippen molar-refractivity contribution in [3.05, 3.63) is 0 Å². The van der Waals surface area contributed by atoms with Gasteiger partial charge >= 0.3 is 0 Å². The number of hydrogen-bond donors (Lipinski definition) is 0. The summed E-state index contributed by atoms with van der Waals surface area (Å²) in [6.07, 6.45) is 4.89. The van der Waals surface area contributed by atoms with Crippen molar-refractivity contribution >= 4 is 23.4 Å². The molecule has 0 aliphatic carbocycles. The molecule has 2 heteroatoms. The quantitative estimate of drug-likeness (QED) is 0.569. The predicted octanol–water partition coefficient (Wildman–Crippen LogP) is 4.27. The van der Waals surface area contributed by atoms with Crippen LogP contribution in [0.5, 0.6) is 0 Å². The van der Waals surface area contributed by atoms with Crippen LogP contribution in [0.3, 0.4) is 0 Å². The van der Waals surface area contributed by atoms with Crippen molar-refractivity contribution in [3.8, 4) is 0 Å². The third-order valence-corrected chi connectivity index (χ3v) is 3.35. The standard InChI is InChI=1S/C9H19ClS/c1-4-6-8(3)11-9(10)7-5-2/h8-9H,4-7H2,1-3H3. The Balaban J connectivity index is 3.32. The van der Waals surface area contributed by atoms with Crippen molar-refractivity contribution in [2.45, 2.75) is 56.4 Å². The van der Waals surface area contributed by atoms with Crippen molar-refractivity contribution < 1.29 is 0 Å². The Labute approximate surface area is 80.1 Å². The van der Waals surface area contributed by atoms with Crippen LogP contribution in [0, 0.1) is 0 Å². The van der Waals surface area contributed by atoms with Gasteiger partial charge in [0.15, 0.2) is 0 Å². The van der Waals surface area contributed by atoms with E-state index in [1.807, 2.05) is 11.8 Å². The number of rotatable bonds is 6. The van der Waals surface area contributed by atoms with Crippen molar-refractivity contribution in [1.82, 2.24) is 0 Å². The molecule has 2 atom stereocenters. The zero-order valence-corrected chi connectivity index (χ0v) is 9.34. The van der Waals surface area contributed by atoms with Gasteiger partial charge in [0.25, 0.3) is 0 Å². The molecule has 0 bridgehead atoms. The van der Waals surface area contributed by atoms with Gasteiger partial charge in [0, 0.05) is 5.25 Å². The van der Waals surface area contributed by atoms with Gasteiger partial charge < -0.3 is 0 Å². The van der Waals surface area contributed by atoms with E-state index >= 15 is 0 Å². The molecule has 2 unspecified atom stereocenters. The van der Waals surface area contributed by atoms with Crippen molar-refractivity contribution in [2.75, 3.05) is 0 Å². The third-order valence-electron chi connectivity index (χ3n) is 1.59. The second-order valence-corrected chi connectivity index (χ2v) is 5.37. The highest BCUT2D eigenvalue weighted by molar-refractivity contribution is 8.01. The summed E-state index contributed by atoms with van der Waals surface area (Å²) < 4.78 is 0.335. The van der Waals surface area contributed by atoms with Gasteiger partial charge in [-0.25, -0.2) is 0 Å². The lowest BCUT2D eigenvalue weighted by Crippen LogP contribution is -2.01. The van der Waals surface area contributed by atoms with E-state index in [4.69, 9.17) is 11.6 Å². The first-order valence-electron chi connectivity index (χ1n) is 4.50. The Kier molecular flexibility index (Phi) is 7.72. The van der Waals surface area contributed by atoms with E-state index in [1.54, 1.807) is 0 Å². The van der Waals surface area contributed by atoms with E-state index in [-0.39, 0.29) is 0 Å². The fourth-order valence-corrected chi connectivity index (χ4v) is 3.01. The first kappa shape index (κ1) is 11.6. The Morgan fingerprint density at radius 1 is 1.18 bits per heavy atom. The Hall–Kier alpha value is 0.640. The zero-order chi connectivity index (χ0) is 8.69. The molecular formula is C9H19ClS. The summed E-state index contributed by atoms with van der Waals surface area (Å²) in [6, 6.07) is 0. The smallest absolute Gasteiger partial charge is 0.0791 e. The van der Waals surface area contributed by atoms with E-state index < -0.39 is 0 Å². The molecule has 0 aromatic heterocycles. The molecule has 0 amide bonds. The van der Waals surface area contributed by atoms with Crippen LogP contribution < -0.4 is 0 Å². The van der Waals surface area contributed by atoms with Gasteiger partial charge in [0.1, 0.15) is 0 Å². The van der Waals surface area contributed by atoms with E-state index in [0.29, 0.717) is 4.71 Å². The summed E-state index contributed by atoms with van der Waals surface area (Å²) >= 11 is 7.99. The Bertz CT molecular complexity index is 75.6. The molecule has 0 rings (SSSR count). The summed E-state index contributed by atoms with van der Waals surface area (Å²) in [5.74, 6) is 0. The molecule has 68 valence electrons. The van der Waals surface area contributed by atoms with Crippen LogP contribution in [0.1, 0.15) is 46.5 Å². The molecule has 0 saturated heterocycles. The minimum atomic E-state index is 0.335. The largest absolute Gasteiger partial charge is 0.139 e. The second-order valence-electron chi connectivity index (χ2n) is 2.93. The topological polar surface area (TPSA) is 0 Å². The first-order chi connectivity index (χ1) is 5.20. The van der Waals surface area contributed by atoms with E-state index in [9.17, 15) is 0 Å². The zero-order valence-electron chi connectivity index (χ0n) is 7.77. The van der Waals surface area contributed by atoms with Crippen LogP contribution in [0.15, 0.2) is 0 Å². The number of hydrogen-bond acceptors (Lipinski definition) is 1. The second kappa shape index (κ2) is 7.30. The summed E-state index contributed by atoms with van der Waals surface area (Å²) in [6.45, 7) is 6.67.